The second kappa shape index (κ2) is 17.4. The molecular weight excluding hydrogens is 947 g/mol. The molecule has 0 heterocycles. The van der Waals surface area contributed by atoms with Crippen molar-refractivity contribution < 1.29 is 33.5 Å². The van der Waals surface area contributed by atoms with Gasteiger partial charge in [0, 0.05) is 60.1 Å². The van der Waals surface area contributed by atoms with Crippen LogP contribution in [0.2, 0.25) is 0 Å². The molecule has 0 aromatic carbocycles. The van der Waals surface area contributed by atoms with Crippen molar-refractivity contribution in [1.82, 2.24) is 4.90 Å². The Kier molecular flexibility index (Phi) is 12.9. The highest BCUT2D eigenvalue weighted by atomic mass is 16.5. The van der Waals surface area contributed by atoms with Gasteiger partial charge in [0.25, 0.3) is 0 Å². The molecule has 0 aliphatic heterocycles. The summed E-state index contributed by atoms with van der Waals surface area (Å²) >= 11 is 0. The van der Waals surface area contributed by atoms with Crippen LogP contribution in [-0.2, 0) is 33.5 Å². The van der Waals surface area contributed by atoms with Crippen molar-refractivity contribution >= 4 is 34.8 Å². The van der Waals surface area contributed by atoms with Gasteiger partial charge in [0.1, 0.15) is 6.61 Å². The standard InChI is InChI=1S/C33H46N2O3.C33H45NO4/c1-28(2)13-15-33(27(38)35(9)10)16-14-32(7)25(20(33)18-28)22(36)17-24-30(5)19-21(34-8)26(37)29(3,4)23(30)11-12-31(24,32)6;1-28(2)12-14-33(25(36)19-38-9)15-13-32(7)26(20(33)17-28)22(35)16-24-30(5)18-21(34-8)27(37)29(3,4)23(30)10-11-31(24,32)6/h17,19-20,23,25H,11-16,18H2,1-7,9-10H3;16,18,20,23,26H,10-15,17,19H2,1-7,9H3/t20-,23-,25-,30-,31+,32+,33-;20-,23-,26-,30-,31+,32+,33-/m00/s1. The maximum Gasteiger partial charge on any atom is 0.228 e. The molecule has 10 rings (SSSR count). The average Bonchev–Trinajstić information content (AvgIpc) is 3.52. The van der Waals surface area contributed by atoms with Gasteiger partial charge in [-0.1, -0.05) is 120 Å². The molecule has 10 nitrogen and oxygen atoms in total. The molecule has 0 aromatic heterocycles. The quantitative estimate of drug-likeness (QED) is 0.257. The first-order valence-electron chi connectivity index (χ1n) is 29.0. The lowest BCUT2D eigenvalue weighted by Gasteiger charge is -2.69. The van der Waals surface area contributed by atoms with E-state index < -0.39 is 32.5 Å². The predicted octanol–water partition coefficient (Wildman–Crippen LogP) is 13.4. The number of methoxy groups -OCH3 is 1. The van der Waals surface area contributed by atoms with Crippen molar-refractivity contribution in [3.63, 3.8) is 0 Å². The van der Waals surface area contributed by atoms with Crippen molar-refractivity contribution in [2.24, 2.45) is 100 Å². The molecule has 0 saturated heterocycles. The molecule has 10 aliphatic rings. The van der Waals surface area contributed by atoms with Gasteiger partial charge >= 0.3 is 0 Å². The summed E-state index contributed by atoms with van der Waals surface area (Å²) in [6, 6.07) is 0. The lowest BCUT2D eigenvalue weighted by Crippen LogP contribution is -2.66. The van der Waals surface area contributed by atoms with Crippen molar-refractivity contribution in [3.05, 3.63) is 69.7 Å². The number of ketones is 5. The summed E-state index contributed by atoms with van der Waals surface area (Å²) in [5, 5.41) is 0. The second-order valence-corrected chi connectivity index (χ2v) is 30.8. The first-order valence-corrected chi connectivity index (χ1v) is 29.0. The fourth-order valence-electron chi connectivity index (χ4n) is 20.8. The number of allylic oxidation sites excluding steroid dienone is 8. The van der Waals surface area contributed by atoms with E-state index in [1.165, 1.54) is 0 Å². The molecule has 0 spiro atoms. The topological polar surface area (TPSA) is 124 Å². The summed E-state index contributed by atoms with van der Waals surface area (Å²) in [5.74, 6) is 0.220. The predicted molar refractivity (Wildman–Crippen MR) is 295 cm³/mol. The molecule has 0 radical (unpaired) electrons. The van der Waals surface area contributed by atoms with Gasteiger partial charge in [0.2, 0.25) is 17.3 Å². The van der Waals surface area contributed by atoms with Crippen LogP contribution in [0.1, 0.15) is 187 Å². The molecule has 1 amide bonds. The molecule has 0 aromatic rings. The Morgan fingerprint density at radius 2 is 0.934 bits per heavy atom. The van der Waals surface area contributed by atoms with E-state index in [-0.39, 0.29) is 121 Å². The number of hydrogen-bond acceptors (Lipinski definition) is 7. The van der Waals surface area contributed by atoms with Crippen LogP contribution in [0.5, 0.6) is 0 Å². The van der Waals surface area contributed by atoms with E-state index in [0.29, 0.717) is 0 Å². The van der Waals surface area contributed by atoms with Crippen molar-refractivity contribution in [1.29, 1.82) is 0 Å². The monoisotopic (exact) mass is 1040 g/mol. The van der Waals surface area contributed by atoms with E-state index in [0.717, 1.165) is 101 Å². The third-order valence-corrected chi connectivity index (χ3v) is 25.3. The highest BCUT2D eigenvalue weighted by molar-refractivity contribution is 6.04. The van der Waals surface area contributed by atoms with Gasteiger partial charge < -0.3 is 19.2 Å². The highest BCUT2D eigenvalue weighted by Gasteiger charge is 2.73. The van der Waals surface area contributed by atoms with Gasteiger partial charge in [0.15, 0.2) is 28.9 Å². The van der Waals surface area contributed by atoms with E-state index in [9.17, 15) is 28.8 Å². The highest BCUT2D eigenvalue weighted by Crippen LogP contribution is 2.77. The van der Waals surface area contributed by atoms with E-state index in [2.05, 4.69) is 78.9 Å². The summed E-state index contributed by atoms with van der Waals surface area (Å²) in [7, 11) is 5.31. The Morgan fingerprint density at radius 1 is 0.566 bits per heavy atom. The molecule has 412 valence electrons. The Labute approximate surface area is 456 Å². The Bertz CT molecular complexity index is 2830. The molecule has 0 unspecified atom stereocenters. The number of carbonyl (C=O) groups is 6. The molecule has 0 bridgehead atoms. The Morgan fingerprint density at radius 3 is 1.32 bits per heavy atom. The van der Waals surface area contributed by atoms with Gasteiger partial charge in [-0.15, -0.1) is 0 Å². The Balaban J connectivity index is 0.000000186. The number of rotatable bonds is 4. The van der Waals surface area contributed by atoms with Crippen LogP contribution >= 0.6 is 0 Å². The van der Waals surface area contributed by atoms with E-state index in [4.69, 9.17) is 17.9 Å². The average molecular weight is 1040 g/mol. The van der Waals surface area contributed by atoms with Gasteiger partial charge in [-0.05, 0) is 158 Å². The zero-order chi connectivity index (χ0) is 56.4. The van der Waals surface area contributed by atoms with Crippen LogP contribution in [0.3, 0.4) is 0 Å². The zero-order valence-electron chi connectivity index (χ0n) is 49.6. The number of fused-ring (bicyclic) bond motifs is 14. The lowest BCUT2D eigenvalue weighted by molar-refractivity contribution is -0.183. The molecule has 76 heavy (non-hydrogen) atoms. The van der Waals surface area contributed by atoms with Gasteiger partial charge in [-0.2, -0.15) is 0 Å². The minimum absolute atomic E-state index is 0.000904. The molecule has 14 atom stereocenters. The molecule has 6 fully saturated rings. The maximum atomic E-state index is 14.5. The third-order valence-electron chi connectivity index (χ3n) is 25.3. The van der Waals surface area contributed by atoms with Crippen LogP contribution in [0.4, 0.5) is 0 Å². The summed E-state index contributed by atoms with van der Waals surface area (Å²) < 4.78 is 5.36. The van der Waals surface area contributed by atoms with Crippen LogP contribution in [0.15, 0.2) is 46.8 Å². The van der Waals surface area contributed by atoms with Crippen LogP contribution in [0.25, 0.3) is 9.69 Å². The van der Waals surface area contributed by atoms with Gasteiger partial charge in [-0.25, -0.2) is 9.69 Å². The van der Waals surface area contributed by atoms with Gasteiger partial charge in [-0.3, -0.25) is 19.2 Å². The lowest BCUT2D eigenvalue weighted by atomic mass is 9.34. The number of amides is 1. The van der Waals surface area contributed by atoms with Gasteiger partial charge in [0.05, 0.1) is 18.6 Å². The summed E-state index contributed by atoms with van der Waals surface area (Å²) in [6.07, 6.45) is 20.0. The first-order chi connectivity index (χ1) is 34.9. The molecule has 10 heteroatoms. The number of nitrogens with zero attached hydrogens (tertiary/aromatic N) is 3. The normalized spacial score (nSPS) is 44.8. The fourth-order valence-corrected chi connectivity index (χ4v) is 20.8. The number of Topliss-reactive ketones (excluding diaryl/α,β-unsaturated/α-hetero) is 3. The number of hydrogen-bond donors (Lipinski definition) is 0. The molecule has 6 saturated carbocycles. The fraction of sp³-hybridized carbons (Fsp3) is 0.758. The van der Waals surface area contributed by atoms with Crippen molar-refractivity contribution in [3.8, 4) is 0 Å². The maximum absolute atomic E-state index is 14.5. The minimum Gasteiger partial charge on any atom is -0.377 e. The minimum atomic E-state index is -0.659. The number of ether oxygens (including phenoxy) is 1. The zero-order valence-corrected chi connectivity index (χ0v) is 49.6. The summed E-state index contributed by atoms with van der Waals surface area (Å²) in [6.45, 7) is 46.4. The summed E-state index contributed by atoms with van der Waals surface area (Å²) in [4.78, 5) is 92.0. The van der Waals surface area contributed by atoms with E-state index >= 15 is 0 Å². The van der Waals surface area contributed by atoms with Crippen LogP contribution in [0, 0.1) is 114 Å². The SMILES string of the molecule is [C-]#[N+]C1=C[C@]2(C)C3=CC(=O)[C@@H]4[C@@H]5CC(C)(C)CC[C@]5(C(=O)COC)CC[C@@]4(C)[C@]3(C)CC[C@H]2C(C)(C)C1=O.[C-]#[N+]C1=C[C@]2(C)C3=CC(=O)[C@@H]4[C@@H]5CC(C)(C)CC[C@]5(C(=O)N(C)C)CC[C@@]4(C)[C@]3(C)CC[C@H]2C(C)(C)C1=O. The molecule has 0 N–H and O–H groups in total. The van der Waals surface area contributed by atoms with Crippen LogP contribution in [-0.4, -0.2) is 67.5 Å². The van der Waals surface area contributed by atoms with E-state index in [1.54, 1.807) is 12.0 Å². The molecule has 10 aliphatic carbocycles. The smallest absolute Gasteiger partial charge is 0.228 e. The third kappa shape index (κ3) is 7.28. The first kappa shape index (κ1) is 56.4. The second-order valence-electron chi connectivity index (χ2n) is 30.8. The van der Waals surface area contributed by atoms with Crippen molar-refractivity contribution in [2.45, 2.75) is 187 Å². The molecular formula is C66H91N3O7. The van der Waals surface area contributed by atoms with Crippen molar-refractivity contribution in [2.75, 3.05) is 27.8 Å². The van der Waals surface area contributed by atoms with E-state index in [1.807, 2.05) is 66.1 Å². The largest absolute Gasteiger partial charge is 0.377 e. The summed E-state index contributed by atoms with van der Waals surface area (Å²) in [5.41, 5.74) is -1.59. The van der Waals surface area contributed by atoms with Crippen LogP contribution < -0.4 is 0 Å². The Hall–Kier alpha value is -4.28. The number of carbonyl (C=O) groups excluding carboxylic acids is 6.